The van der Waals surface area contributed by atoms with Gasteiger partial charge in [0.25, 0.3) is 5.91 Å². The topological polar surface area (TPSA) is 58.6 Å². The van der Waals surface area contributed by atoms with Gasteiger partial charge in [-0.15, -0.1) is 11.3 Å². The maximum atomic E-state index is 12.3. The lowest BCUT2D eigenvalue weighted by atomic mass is 10.2. The summed E-state index contributed by atoms with van der Waals surface area (Å²) in [4.78, 5) is 27.0. The Bertz CT molecular complexity index is 659. The monoisotopic (exact) mass is 318 g/mol. The summed E-state index contributed by atoms with van der Waals surface area (Å²) in [6.45, 7) is 4.01. The van der Waals surface area contributed by atoms with E-state index in [2.05, 4.69) is 5.32 Å². The van der Waals surface area contributed by atoms with Crippen molar-refractivity contribution in [2.45, 2.75) is 13.0 Å². The molecule has 1 fully saturated rings. The van der Waals surface area contributed by atoms with Crippen molar-refractivity contribution in [1.82, 2.24) is 10.2 Å². The molecule has 22 heavy (non-hydrogen) atoms. The van der Waals surface area contributed by atoms with E-state index in [0.29, 0.717) is 31.2 Å². The second-order valence-electron chi connectivity index (χ2n) is 5.28. The number of nitrogens with zero attached hydrogens (tertiary/aromatic N) is 1. The molecular weight excluding hydrogens is 300 g/mol. The van der Waals surface area contributed by atoms with Gasteiger partial charge in [-0.05, 0) is 24.4 Å². The number of nitrogens with one attached hydrogen (secondary N) is 1. The second-order valence-corrected chi connectivity index (χ2v) is 6.37. The van der Waals surface area contributed by atoms with E-state index in [1.54, 1.807) is 11.8 Å². The van der Waals surface area contributed by atoms with E-state index in [9.17, 15) is 9.59 Å². The number of morpholine rings is 1. The van der Waals surface area contributed by atoms with Crippen molar-refractivity contribution in [1.29, 1.82) is 0 Å². The SMILES string of the molecule is C[C@H](NC(=O)c1cc2ccccc2s1)C(=O)N1CCOCC1. The molecule has 1 atom stereocenters. The summed E-state index contributed by atoms with van der Waals surface area (Å²) >= 11 is 1.44. The van der Waals surface area contributed by atoms with Crippen molar-refractivity contribution in [2.75, 3.05) is 26.3 Å². The van der Waals surface area contributed by atoms with Gasteiger partial charge in [0.05, 0.1) is 18.1 Å². The Balaban J connectivity index is 1.66. The molecule has 5 nitrogen and oxygen atoms in total. The van der Waals surface area contributed by atoms with Crippen LogP contribution in [-0.2, 0) is 9.53 Å². The molecular formula is C16H18N2O3S. The fourth-order valence-electron chi connectivity index (χ4n) is 2.48. The van der Waals surface area contributed by atoms with Gasteiger partial charge >= 0.3 is 0 Å². The maximum absolute atomic E-state index is 12.3. The van der Waals surface area contributed by atoms with Crippen molar-refractivity contribution in [2.24, 2.45) is 0 Å². The minimum Gasteiger partial charge on any atom is -0.378 e. The third-order valence-electron chi connectivity index (χ3n) is 3.69. The van der Waals surface area contributed by atoms with Gasteiger partial charge in [0, 0.05) is 17.8 Å². The number of rotatable bonds is 3. The smallest absolute Gasteiger partial charge is 0.262 e. The van der Waals surface area contributed by atoms with Crippen LogP contribution in [0.5, 0.6) is 0 Å². The molecule has 6 heteroatoms. The number of benzene rings is 1. The third kappa shape index (κ3) is 3.13. The highest BCUT2D eigenvalue weighted by molar-refractivity contribution is 7.20. The molecule has 1 N–H and O–H groups in total. The minimum absolute atomic E-state index is 0.0576. The maximum Gasteiger partial charge on any atom is 0.262 e. The first kappa shape index (κ1) is 15.0. The quantitative estimate of drug-likeness (QED) is 0.940. The summed E-state index contributed by atoms with van der Waals surface area (Å²) in [5.41, 5.74) is 0. The molecule has 1 aliphatic rings. The van der Waals surface area contributed by atoms with Gasteiger partial charge in [-0.1, -0.05) is 18.2 Å². The zero-order valence-corrected chi connectivity index (χ0v) is 13.2. The third-order valence-corrected chi connectivity index (χ3v) is 4.80. The first-order valence-electron chi connectivity index (χ1n) is 7.31. The van der Waals surface area contributed by atoms with Gasteiger partial charge < -0.3 is 15.0 Å². The predicted octanol–water partition coefficient (Wildman–Crippen LogP) is 1.88. The molecule has 1 aromatic heterocycles. The van der Waals surface area contributed by atoms with Crippen LogP contribution in [0, 0.1) is 0 Å². The fraction of sp³-hybridized carbons (Fsp3) is 0.375. The van der Waals surface area contributed by atoms with Gasteiger partial charge in [-0.2, -0.15) is 0 Å². The van der Waals surface area contributed by atoms with E-state index in [1.165, 1.54) is 11.3 Å². The molecule has 116 valence electrons. The van der Waals surface area contributed by atoms with Crippen molar-refractivity contribution in [3.05, 3.63) is 35.2 Å². The lowest BCUT2D eigenvalue weighted by Gasteiger charge is -2.29. The Labute approximate surface area is 132 Å². The van der Waals surface area contributed by atoms with Crippen LogP contribution in [0.3, 0.4) is 0 Å². The first-order chi connectivity index (χ1) is 10.6. The van der Waals surface area contributed by atoms with E-state index in [-0.39, 0.29) is 11.8 Å². The highest BCUT2D eigenvalue weighted by Gasteiger charge is 2.24. The highest BCUT2D eigenvalue weighted by Crippen LogP contribution is 2.25. The Hall–Kier alpha value is -1.92. The van der Waals surface area contributed by atoms with Crippen molar-refractivity contribution in [3.63, 3.8) is 0 Å². The summed E-state index contributed by atoms with van der Waals surface area (Å²) in [6, 6.07) is 9.19. The predicted molar refractivity (Wildman–Crippen MR) is 86.2 cm³/mol. The van der Waals surface area contributed by atoms with Gasteiger partial charge in [-0.3, -0.25) is 9.59 Å². The van der Waals surface area contributed by atoms with E-state index >= 15 is 0 Å². The Morgan fingerprint density at radius 3 is 2.73 bits per heavy atom. The molecule has 2 amide bonds. The van der Waals surface area contributed by atoms with Crippen LogP contribution in [0.15, 0.2) is 30.3 Å². The van der Waals surface area contributed by atoms with Crippen LogP contribution in [-0.4, -0.2) is 49.1 Å². The normalized spacial score (nSPS) is 16.5. The molecule has 0 unspecified atom stereocenters. The molecule has 1 aliphatic heterocycles. The molecule has 3 rings (SSSR count). The summed E-state index contributed by atoms with van der Waals surface area (Å²) in [5, 5.41) is 3.84. The Kier molecular flexibility index (Phi) is 4.40. The molecule has 0 aliphatic carbocycles. The largest absolute Gasteiger partial charge is 0.378 e. The average molecular weight is 318 g/mol. The van der Waals surface area contributed by atoms with Crippen molar-refractivity contribution >= 4 is 33.2 Å². The number of hydrogen-bond acceptors (Lipinski definition) is 4. The second kappa shape index (κ2) is 6.46. The lowest BCUT2D eigenvalue weighted by molar-refractivity contribution is -0.136. The fourth-order valence-corrected chi connectivity index (χ4v) is 3.45. The van der Waals surface area contributed by atoms with Crippen LogP contribution in [0.4, 0.5) is 0 Å². The molecule has 2 aromatic rings. The lowest BCUT2D eigenvalue weighted by Crippen LogP contribution is -2.50. The molecule has 0 bridgehead atoms. The van der Waals surface area contributed by atoms with Crippen molar-refractivity contribution in [3.8, 4) is 0 Å². The summed E-state index contributed by atoms with van der Waals surface area (Å²) < 4.78 is 6.30. The zero-order valence-electron chi connectivity index (χ0n) is 12.4. The van der Waals surface area contributed by atoms with Crippen LogP contribution in [0.1, 0.15) is 16.6 Å². The van der Waals surface area contributed by atoms with E-state index < -0.39 is 6.04 Å². The number of fused-ring (bicyclic) bond motifs is 1. The number of thiophene rings is 1. The van der Waals surface area contributed by atoms with Gasteiger partial charge in [0.2, 0.25) is 5.91 Å². The summed E-state index contributed by atoms with van der Waals surface area (Å²) in [7, 11) is 0. The molecule has 0 spiro atoms. The van der Waals surface area contributed by atoms with E-state index in [0.717, 1.165) is 10.1 Å². The Morgan fingerprint density at radius 2 is 2.00 bits per heavy atom. The summed E-state index contributed by atoms with van der Waals surface area (Å²) in [6.07, 6.45) is 0. The van der Waals surface area contributed by atoms with Crippen molar-refractivity contribution < 1.29 is 14.3 Å². The molecule has 0 radical (unpaired) electrons. The van der Waals surface area contributed by atoms with Crippen LogP contribution < -0.4 is 5.32 Å². The van der Waals surface area contributed by atoms with Crippen LogP contribution in [0.2, 0.25) is 0 Å². The number of ether oxygens (including phenoxy) is 1. The molecule has 1 saturated heterocycles. The van der Waals surface area contributed by atoms with Crippen LogP contribution in [0.25, 0.3) is 10.1 Å². The number of carbonyl (C=O) groups excluding carboxylic acids is 2. The van der Waals surface area contributed by atoms with Gasteiger partial charge in [0.15, 0.2) is 0 Å². The van der Waals surface area contributed by atoms with Crippen LogP contribution >= 0.6 is 11.3 Å². The number of carbonyl (C=O) groups is 2. The number of hydrogen-bond donors (Lipinski definition) is 1. The van der Waals surface area contributed by atoms with Gasteiger partial charge in [-0.25, -0.2) is 0 Å². The summed E-state index contributed by atoms with van der Waals surface area (Å²) in [5.74, 6) is -0.256. The highest BCUT2D eigenvalue weighted by atomic mass is 32.1. The minimum atomic E-state index is -0.532. The first-order valence-corrected chi connectivity index (χ1v) is 8.13. The average Bonchev–Trinajstić information content (AvgIpc) is 2.99. The molecule has 0 saturated carbocycles. The standard InChI is InChI=1S/C16H18N2O3S/c1-11(16(20)18-6-8-21-9-7-18)17-15(19)14-10-12-4-2-3-5-13(12)22-14/h2-5,10-11H,6-9H2,1H3,(H,17,19)/t11-/m0/s1. The molecule has 2 heterocycles. The van der Waals surface area contributed by atoms with E-state index in [4.69, 9.17) is 4.74 Å². The van der Waals surface area contributed by atoms with E-state index in [1.807, 2.05) is 30.3 Å². The van der Waals surface area contributed by atoms with Gasteiger partial charge in [0.1, 0.15) is 6.04 Å². The Morgan fingerprint density at radius 1 is 1.27 bits per heavy atom. The number of amides is 2. The zero-order chi connectivity index (χ0) is 15.5. The molecule has 1 aromatic carbocycles.